The summed E-state index contributed by atoms with van der Waals surface area (Å²) in [6.07, 6.45) is 6.17. The summed E-state index contributed by atoms with van der Waals surface area (Å²) in [5.41, 5.74) is 4.41. The number of hydrogen-bond acceptors (Lipinski definition) is 5. The molecule has 1 aliphatic rings. The first-order valence-corrected chi connectivity index (χ1v) is 9.34. The van der Waals surface area contributed by atoms with Crippen molar-refractivity contribution in [2.75, 3.05) is 5.32 Å². The summed E-state index contributed by atoms with van der Waals surface area (Å²) in [5, 5.41) is 9.41. The van der Waals surface area contributed by atoms with Crippen LogP contribution in [0, 0.1) is 0 Å². The molecule has 0 unspecified atom stereocenters. The fraction of sp³-hybridized carbons (Fsp3) is 0.182. The Morgan fingerprint density at radius 2 is 1.86 bits per heavy atom. The molecule has 0 bridgehead atoms. The van der Waals surface area contributed by atoms with E-state index in [4.69, 9.17) is 4.52 Å². The summed E-state index contributed by atoms with van der Waals surface area (Å²) >= 11 is 0. The number of aromatic nitrogens is 3. The number of hydrogen-bond donors (Lipinski definition) is 1. The zero-order valence-corrected chi connectivity index (χ0v) is 15.2. The first-order valence-electron chi connectivity index (χ1n) is 9.34. The highest BCUT2D eigenvalue weighted by Crippen LogP contribution is 2.35. The molecule has 1 aliphatic carbocycles. The fourth-order valence-electron chi connectivity index (χ4n) is 3.76. The van der Waals surface area contributed by atoms with Crippen LogP contribution in [-0.2, 0) is 24.1 Å². The van der Waals surface area contributed by atoms with E-state index in [0.717, 1.165) is 29.5 Å². The average molecular weight is 370 g/mol. The number of aryl methyl sites for hydroxylation is 3. The van der Waals surface area contributed by atoms with Crippen LogP contribution in [0.5, 0.6) is 0 Å². The second-order valence-electron chi connectivity index (χ2n) is 6.91. The van der Waals surface area contributed by atoms with Crippen molar-refractivity contribution in [3.63, 3.8) is 0 Å². The van der Waals surface area contributed by atoms with E-state index in [1.165, 1.54) is 16.5 Å². The molecule has 5 rings (SSSR count). The van der Waals surface area contributed by atoms with Gasteiger partial charge in [-0.05, 0) is 47.6 Å². The maximum atomic E-state index is 12.5. The smallest absolute Gasteiger partial charge is 0.227 e. The van der Waals surface area contributed by atoms with Gasteiger partial charge in [-0.3, -0.25) is 9.78 Å². The third-order valence-corrected chi connectivity index (χ3v) is 5.12. The Morgan fingerprint density at radius 1 is 1.04 bits per heavy atom. The molecule has 0 fully saturated rings. The molecule has 0 saturated heterocycles. The van der Waals surface area contributed by atoms with Crippen LogP contribution < -0.4 is 5.32 Å². The maximum Gasteiger partial charge on any atom is 0.227 e. The van der Waals surface area contributed by atoms with Crippen molar-refractivity contribution in [2.24, 2.45) is 0 Å². The Balaban J connectivity index is 1.28. The SMILES string of the molecule is O=C(CCc1nc(-c2ccncc2)no1)Nc1ccc2c3c(cccc13)CC2. The molecule has 2 aromatic carbocycles. The molecule has 138 valence electrons. The lowest BCUT2D eigenvalue weighted by atomic mass is 10.0. The number of rotatable bonds is 5. The number of nitrogens with one attached hydrogen (secondary N) is 1. The monoisotopic (exact) mass is 370 g/mol. The van der Waals surface area contributed by atoms with Gasteiger partial charge in [-0.15, -0.1) is 0 Å². The van der Waals surface area contributed by atoms with Gasteiger partial charge in [-0.2, -0.15) is 4.98 Å². The van der Waals surface area contributed by atoms with Crippen LogP contribution in [0.4, 0.5) is 5.69 Å². The van der Waals surface area contributed by atoms with Crippen LogP contribution in [0.1, 0.15) is 23.4 Å². The minimum absolute atomic E-state index is 0.0673. The van der Waals surface area contributed by atoms with Gasteiger partial charge < -0.3 is 9.84 Å². The highest BCUT2D eigenvalue weighted by atomic mass is 16.5. The molecule has 2 heterocycles. The van der Waals surface area contributed by atoms with E-state index in [2.05, 4.69) is 44.7 Å². The number of anilines is 1. The van der Waals surface area contributed by atoms with E-state index in [0.29, 0.717) is 18.1 Å². The number of carbonyl (C=O) groups is 1. The van der Waals surface area contributed by atoms with E-state index in [1.54, 1.807) is 12.4 Å². The summed E-state index contributed by atoms with van der Waals surface area (Å²) in [6, 6.07) is 14.0. The summed E-state index contributed by atoms with van der Waals surface area (Å²) in [7, 11) is 0. The lowest BCUT2D eigenvalue weighted by Gasteiger charge is -2.10. The second-order valence-corrected chi connectivity index (χ2v) is 6.91. The summed E-state index contributed by atoms with van der Waals surface area (Å²) in [4.78, 5) is 20.8. The largest absolute Gasteiger partial charge is 0.339 e. The van der Waals surface area contributed by atoms with Crippen LogP contribution in [0.3, 0.4) is 0 Å². The Kier molecular flexibility index (Phi) is 4.09. The van der Waals surface area contributed by atoms with Gasteiger partial charge in [0.2, 0.25) is 17.6 Å². The molecule has 0 spiro atoms. The van der Waals surface area contributed by atoms with Gasteiger partial charge in [-0.25, -0.2) is 0 Å². The normalized spacial score (nSPS) is 12.4. The predicted molar refractivity (Wildman–Crippen MR) is 106 cm³/mol. The summed E-state index contributed by atoms with van der Waals surface area (Å²) in [5.74, 6) is 0.884. The van der Waals surface area contributed by atoms with Crippen molar-refractivity contribution in [1.82, 2.24) is 15.1 Å². The molecule has 6 nitrogen and oxygen atoms in total. The van der Waals surface area contributed by atoms with E-state index >= 15 is 0 Å². The molecule has 4 aromatic rings. The predicted octanol–water partition coefficient (Wildman–Crippen LogP) is 3.95. The van der Waals surface area contributed by atoms with E-state index in [1.807, 2.05) is 18.2 Å². The second kappa shape index (κ2) is 6.88. The van der Waals surface area contributed by atoms with Gasteiger partial charge in [0.25, 0.3) is 0 Å². The van der Waals surface area contributed by atoms with Gasteiger partial charge in [0.1, 0.15) is 0 Å². The first kappa shape index (κ1) is 16.6. The maximum absolute atomic E-state index is 12.5. The lowest BCUT2D eigenvalue weighted by molar-refractivity contribution is -0.116. The molecule has 1 amide bonds. The zero-order valence-electron chi connectivity index (χ0n) is 15.2. The number of benzene rings is 2. The first-order chi connectivity index (χ1) is 13.8. The van der Waals surface area contributed by atoms with E-state index in [9.17, 15) is 4.79 Å². The number of amides is 1. The number of nitrogens with zero attached hydrogens (tertiary/aromatic N) is 3. The van der Waals surface area contributed by atoms with Crippen molar-refractivity contribution in [3.05, 3.63) is 71.9 Å². The van der Waals surface area contributed by atoms with Gasteiger partial charge in [0.15, 0.2) is 0 Å². The molecule has 2 aromatic heterocycles. The third-order valence-electron chi connectivity index (χ3n) is 5.12. The van der Waals surface area contributed by atoms with Crippen LogP contribution in [-0.4, -0.2) is 21.0 Å². The minimum atomic E-state index is -0.0673. The van der Waals surface area contributed by atoms with Crippen molar-refractivity contribution in [2.45, 2.75) is 25.7 Å². The topological polar surface area (TPSA) is 80.9 Å². The molecular formula is C22H18N4O2. The van der Waals surface area contributed by atoms with Crippen LogP contribution >= 0.6 is 0 Å². The van der Waals surface area contributed by atoms with Crippen molar-refractivity contribution in [3.8, 4) is 11.4 Å². The molecule has 1 N–H and O–H groups in total. The molecule has 0 aliphatic heterocycles. The molecule has 0 atom stereocenters. The van der Waals surface area contributed by atoms with Crippen molar-refractivity contribution in [1.29, 1.82) is 0 Å². The van der Waals surface area contributed by atoms with Crippen molar-refractivity contribution >= 4 is 22.4 Å². The lowest BCUT2D eigenvalue weighted by Crippen LogP contribution is -2.12. The van der Waals surface area contributed by atoms with Crippen LogP contribution in [0.15, 0.2) is 59.4 Å². The van der Waals surface area contributed by atoms with Gasteiger partial charge in [0.05, 0.1) is 0 Å². The van der Waals surface area contributed by atoms with E-state index < -0.39 is 0 Å². The Labute approximate surface area is 161 Å². The average Bonchev–Trinajstić information content (AvgIpc) is 3.38. The number of carbonyl (C=O) groups excluding carboxylic acids is 1. The van der Waals surface area contributed by atoms with E-state index in [-0.39, 0.29) is 12.3 Å². The highest BCUT2D eigenvalue weighted by molar-refractivity contribution is 6.05. The van der Waals surface area contributed by atoms with Gasteiger partial charge in [-0.1, -0.05) is 29.4 Å². The molecule has 28 heavy (non-hydrogen) atoms. The summed E-state index contributed by atoms with van der Waals surface area (Å²) < 4.78 is 5.27. The third kappa shape index (κ3) is 3.03. The fourth-order valence-corrected chi connectivity index (χ4v) is 3.76. The standard InChI is InChI=1S/C22H18N4O2/c27-19(8-9-20-25-22(26-28-20)16-10-12-23-13-11-16)24-18-7-6-15-5-4-14-2-1-3-17(18)21(14)15/h1-3,6-7,10-13H,4-5,8-9H2,(H,24,27). The molecule has 0 radical (unpaired) electrons. The molecular weight excluding hydrogens is 352 g/mol. The van der Waals surface area contributed by atoms with Crippen LogP contribution in [0.2, 0.25) is 0 Å². The Morgan fingerprint density at radius 3 is 2.71 bits per heavy atom. The van der Waals surface area contributed by atoms with Gasteiger partial charge >= 0.3 is 0 Å². The summed E-state index contributed by atoms with van der Waals surface area (Å²) in [6.45, 7) is 0. The van der Waals surface area contributed by atoms with Gasteiger partial charge in [0, 0.05) is 41.9 Å². The number of pyridine rings is 1. The molecule has 6 heteroatoms. The Bertz CT molecular complexity index is 1160. The highest BCUT2D eigenvalue weighted by Gasteiger charge is 2.17. The quantitative estimate of drug-likeness (QED) is 0.575. The Hall–Kier alpha value is -3.54. The van der Waals surface area contributed by atoms with Crippen molar-refractivity contribution < 1.29 is 9.32 Å². The zero-order chi connectivity index (χ0) is 18.9. The minimum Gasteiger partial charge on any atom is -0.339 e. The molecule has 0 saturated carbocycles. The van der Waals surface area contributed by atoms with Crippen LogP contribution in [0.25, 0.3) is 22.2 Å².